The highest BCUT2D eigenvalue weighted by Gasteiger charge is 2.50. The fraction of sp³-hybridized carbons (Fsp3) is 0.550. The molecule has 3 aliphatic heterocycles. The van der Waals surface area contributed by atoms with E-state index < -0.39 is 0 Å². The lowest BCUT2D eigenvalue weighted by Gasteiger charge is -2.33. The van der Waals surface area contributed by atoms with Crippen molar-refractivity contribution in [2.45, 2.75) is 57.6 Å². The summed E-state index contributed by atoms with van der Waals surface area (Å²) in [5.41, 5.74) is 5.37. The molecule has 1 spiro atoms. The lowest BCUT2D eigenvalue weighted by atomic mass is 9.75. The van der Waals surface area contributed by atoms with E-state index in [2.05, 4.69) is 28.9 Å². The van der Waals surface area contributed by atoms with E-state index in [0.29, 0.717) is 12.2 Å². The maximum Gasteiger partial charge on any atom is 0.168 e. The molecule has 23 heavy (non-hydrogen) atoms. The van der Waals surface area contributed by atoms with E-state index >= 15 is 0 Å². The van der Waals surface area contributed by atoms with Gasteiger partial charge in [-0.1, -0.05) is 24.3 Å². The van der Waals surface area contributed by atoms with Crippen LogP contribution in [-0.4, -0.2) is 23.1 Å². The molecule has 0 N–H and O–H groups in total. The molecule has 1 aromatic heterocycles. The zero-order valence-electron chi connectivity index (χ0n) is 13.5. The van der Waals surface area contributed by atoms with Gasteiger partial charge in [0.15, 0.2) is 5.78 Å². The fourth-order valence-corrected chi connectivity index (χ4v) is 5.17. The SMILES string of the molecule is O=C1Cc2c3c4c(n2C[C@@]2(CCC/C=C\3)CCO[C@@H]12)CCC=C4. The Morgan fingerprint density at radius 3 is 2.83 bits per heavy atom. The van der Waals surface area contributed by atoms with Gasteiger partial charge >= 0.3 is 0 Å². The largest absolute Gasteiger partial charge is 0.370 e. The summed E-state index contributed by atoms with van der Waals surface area (Å²) in [5.74, 6) is 0.302. The molecule has 0 radical (unpaired) electrons. The number of carbonyl (C=O) groups is 1. The molecule has 3 nitrogen and oxygen atoms in total. The number of carbonyl (C=O) groups excluding carboxylic acids is 1. The maximum atomic E-state index is 13.0. The van der Waals surface area contributed by atoms with Crippen LogP contribution in [0.25, 0.3) is 12.2 Å². The Labute approximate surface area is 137 Å². The van der Waals surface area contributed by atoms with Gasteiger partial charge in [-0.25, -0.2) is 0 Å². The first-order valence-corrected chi connectivity index (χ1v) is 9.00. The molecule has 0 aromatic carbocycles. The minimum Gasteiger partial charge on any atom is -0.370 e. The summed E-state index contributed by atoms with van der Waals surface area (Å²) in [7, 11) is 0. The Morgan fingerprint density at radius 2 is 1.91 bits per heavy atom. The summed E-state index contributed by atoms with van der Waals surface area (Å²) in [4.78, 5) is 13.0. The molecule has 1 fully saturated rings. The van der Waals surface area contributed by atoms with E-state index in [1.807, 2.05) is 0 Å². The molecule has 4 aliphatic rings. The third kappa shape index (κ3) is 1.89. The van der Waals surface area contributed by atoms with Gasteiger partial charge in [0.05, 0.1) is 6.42 Å². The third-order valence-corrected chi connectivity index (χ3v) is 6.27. The van der Waals surface area contributed by atoms with Crippen molar-refractivity contribution in [3.63, 3.8) is 0 Å². The maximum absolute atomic E-state index is 13.0. The highest BCUT2D eigenvalue weighted by molar-refractivity contribution is 5.88. The average molecular weight is 309 g/mol. The molecule has 3 heteroatoms. The number of allylic oxidation sites excluding steroid dienone is 2. The Morgan fingerprint density at radius 1 is 1.09 bits per heavy atom. The second kappa shape index (κ2) is 4.94. The summed E-state index contributed by atoms with van der Waals surface area (Å²) in [6, 6.07) is 0. The van der Waals surface area contributed by atoms with E-state index in [1.54, 1.807) is 0 Å². The van der Waals surface area contributed by atoms with Crippen LogP contribution in [0.4, 0.5) is 0 Å². The molecule has 1 saturated heterocycles. The lowest BCUT2D eigenvalue weighted by molar-refractivity contribution is -0.131. The summed E-state index contributed by atoms with van der Waals surface area (Å²) in [6.45, 7) is 1.72. The molecular formula is C20H23NO2. The van der Waals surface area contributed by atoms with E-state index in [-0.39, 0.29) is 11.5 Å². The van der Waals surface area contributed by atoms with Crippen LogP contribution < -0.4 is 0 Å². The predicted molar refractivity (Wildman–Crippen MR) is 90.2 cm³/mol. The van der Waals surface area contributed by atoms with E-state index in [0.717, 1.165) is 51.7 Å². The zero-order chi connectivity index (χ0) is 15.4. The van der Waals surface area contributed by atoms with Crippen LogP contribution in [0.3, 0.4) is 0 Å². The summed E-state index contributed by atoms with van der Waals surface area (Å²) in [6.07, 6.45) is 16.1. The summed E-state index contributed by atoms with van der Waals surface area (Å²) < 4.78 is 8.47. The van der Waals surface area contributed by atoms with Gasteiger partial charge in [-0.05, 0) is 38.5 Å². The fourth-order valence-electron chi connectivity index (χ4n) is 5.17. The Bertz CT molecular complexity index is 739. The van der Waals surface area contributed by atoms with Crippen LogP contribution in [0, 0.1) is 5.41 Å². The van der Waals surface area contributed by atoms with E-state index in [4.69, 9.17) is 4.74 Å². The topological polar surface area (TPSA) is 31.2 Å². The van der Waals surface area contributed by atoms with Crippen molar-refractivity contribution in [2.75, 3.05) is 6.61 Å². The van der Waals surface area contributed by atoms with Crippen molar-refractivity contribution in [2.24, 2.45) is 5.41 Å². The second-order valence-corrected chi connectivity index (χ2v) is 7.55. The number of nitrogens with zero attached hydrogens (tertiary/aromatic N) is 1. The summed E-state index contributed by atoms with van der Waals surface area (Å²) >= 11 is 0. The van der Waals surface area contributed by atoms with Gasteiger partial charge in [0.25, 0.3) is 0 Å². The number of ether oxygens (including phenoxy) is 1. The van der Waals surface area contributed by atoms with Crippen LogP contribution in [0.5, 0.6) is 0 Å². The van der Waals surface area contributed by atoms with Gasteiger partial charge in [0.2, 0.25) is 0 Å². The third-order valence-electron chi connectivity index (χ3n) is 6.27. The number of hydrogen-bond donors (Lipinski definition) is 0. The monoisotopic (exact) mass is 309 g/mol. The molecule has 0 unspecified atom stereocenters. The molecule has 4 heterocycles. The number of Topliss-reactive ketones (excluding diaryl/α,β-unsaturated/α-hetero) is 1. The standard InChI is InChI=1S/C20H23NO2/c22-18-12-17-15-6-2-1-5-9-20(10-11-23-19(18)20)13-21(17)16-8-4-3-7-14(15)16/h2-3,6-7,19H,1,4-5,8-13H2/b6-2-/t19-,20+/m0/s1. The highest BCUT2D eigenvalue weighted by atomic mass is 16.5. The quantitative estimate of drug-likeness (QED) is 0.734. The van der Waals surface area contributed by atoms with Crippen molar-refractivity contribution >= 4 is 17.9 Å². The number of fused-ring (bicyclic) bond motifs is 2. The van der Waals surface area contributed by atoms with Crippen molar-refractivity contribution in [1.82, 2.24) is 4.57 Å². The predicted octanol–water partition coefficient (Wildman–Crippen LogP) is 3.55. The normalized spacial score (nSPS) is 33.2. The van der Waals surface area contributed by atoms with Crippen LogP contribution >= 0.6 is 0 Å². The van der Waals surface area contributed by atoms with E-state index in [9.17, 15) is 4.79 Å². The lowest BCUT2D eigenvalue weighted by Crippen LogP contribution is -2.39. The first-order valence-electron chi connectivity index (χ1n) is 9.00. The molecule has 1 aromatic rings. The zero-order valence-corrected chi connectivity index (χ0v) is 13.5. The minimum atomic E-state index is -0.178. The van der Waals surface area contributed by atoms with E-state index in [1.165, 1.54) is 22.5 Å². The van der Waals surface area contributed by atoms with Crippen LogP contribution in [-0.2, 0) is 28.9 Å². The van der Waals surface area contributed by atoms with Gasteiger partial charge in [0, 0.05) is 41.1 Å². The van der Waals surface area contributed by atoms with Crippen LogP contribution in [0.15, 0.2) is 12.2 Å². The van der Waals surface area contributed by atoms with Gasteiger partial charge in [-0.3, -0.25) is 4.79 Å². The first kappa shape index (κ1) is 13.8. The average Bonchev–Trinajstić information content (AvgIpc) is 3.05. The van der Waals surface area contributed by atoms with Gasteiger partial charge in [-0.2, -0.15) is 0 Å². The number of aromatic nitrogens is 1. The number of rotatable bonds is 0. The van der Waals surface area contributed by atoms with Gasteiger partial charge < -0.3 is 9.30 Å². The molecule has 1 aliphatic carbocycles. The molecule has 2 atom stereocenters. The van der Waals surface area contributed by atoms with Crippen molar-refractivity contribution < 1.29 is 9.53 Å². The highest BCUT2D eigenvalue weighted by Crippen LogP contribution is 2.47. The Kier molecular flexibility index (Phi) is 2.96. The van der Waals surface area contributed by atoms with Crippen molar-refractivity contribution in [1.29, 1.82) is 0 Å². The second-order valence-electron chi connectivity index (χ2n) is 7.55. The van der Waals surface area contributed by atoms with Gasteiger partial charge in [-0.15, -0.1) is 0 Å². The molecular weight excluding hydrogens is 286 g/mol. The smallest absolute Gasteiger partial charge is 0.168 e. The minimum absolute atomic E-state index is 0.0265. The van der Waals surface area contributed by atoms with Crippen LogP contribution in [0.1, 0.15) is 54.6 Å². The number of ketones is 1. The van der Waals surface area contributed by atoms with Gasteiger partial charge in [0.1, 0.15) is 6.10 Å². The molecule has 4 bridgehead atoms. The Hall–Kier alpha value is -1.61. The van der Waals surface area contributed by atoms with Crippen molar-refractivity contribution in [3.8, 4) is 0 Å². The molecule has 0 saturated carbocycles. The number of hydrogen-bond acceptors (Lipinski definition) is 2. The summed E-state index contributed by atoms with van der Waals surface area (Å²) in [5, 5.41) is 0. The van der Waals surface area contributed by atoms with Crippen LogP contribution in [0.2, 0.25) is 0 Å². The molecule has 0 amide bonds. The first-order chi connectivity index (χ1) is 11.3. The Balaban J connectivity index is 1.78. The van der Waals surface area contributed by atoms with Crippen molar-refractivity contribution in [3.05, 3.63) is 34.7 Å². The molecule has 5 rings (SSSR count). The molecule has 120 valence electrons.